The van der Waals surface area contributed by atoms with Gasteiger partial charge in [-0.3, -0.25) is 0 Å². The molecule has 1 heterocycles. The molecule has 1 N–H and O–H groups in total. The van der Waals surface area contributed by atoms with Crippen LogP contribution >= 0.6 is 11.3 Å². The maximum absolute atomic E-state index is 12.1. The molecule has 1 aromatic heterocycles. The predicted molar refractivity (Wildman–Crippen MR) is 86.6 cm³/mol. The Labute approximate surface area is 134 Å². The quantitative estimate of drug-likeness (QED) is 0.929. The third-order valence-electron chi connectivity index (χ3n) is 3.13. The van der Waals surface area contributed by atoms with E-state index in [9.17, 15) is 4.79 Å². The van der Waals surface area contributed by atoms with Crippen molar-refractivity contribution in [2.45, 2.75) is 40.3 Å². The summed E-state index contributed by atoms with van der Waals surface area (Å²) in [6.45, 7) is 8.29. The molecule has 22 heavy (non-hydrogen) atoms. The zero-order valence-electron chi connectivity index (χ0n) is 13.3. The number of nitrogens with zero attached hydrogens (tertiary/aromatic N) is 2. The van der Waals surface area contributed by atoms with E-state index in [1.807, 2.05) is 58.0 Å². The van der Waals surface area contributed by atoms with Gasteiger partial charge in [0, 0.05) is 0 Å². The van der Waals surface area contributed by atoms with Crippen molar-refractivity contribution < 1.29 is 9.53 Å². The lowest BCUT2D eigenvalue weighted by atomic mass is 9.87. The van der Waals surface area contributed by atoms with E-state index in [1.165, 1.54) is 11.3 Å². The van der Waals surface area contributed by atoms with Gasteiger partial charge in [-0.15, -0.1) is 10.2 Å². The van der Waals surface area contributed by atoms with Gasteiger partial charge in [0.25, 0.3) is 0 Å². The highest BCUT2D eigenvalue weighted by Gasteiger charge is 2.31. The van der Waals surface area contributed by atoms with E-state index in [-0.39, 0.29) is 18.1 Å². The highest BCUT2D eigenvalue weighted by atomic mass is 32.1. The Bertz CT molecular complexity index is 620. The molecule has 0 spiro atoms. The van der Waals surface area contributed by atoms with Gasteiger partial charge >= 0.3 is 6.09 Å². The Morgan fingerprint density at radius 2 is 1.95 bits per heavy atom. The van der Waals surface area contributed by atoms with Crippen LogP contribution in [0.2, 0.25) is 0 Å². The van der Waals surface area contributed by atoms with Crippen LogP contribution in [0.3, 0.4) is 0 Å². The van der Waals surface area contributed by atoms with E-state index in [2.05, 4.69) is 15.5 Å². The molecular formula is C16H21N3O2S. The Morgan fingerprint density at radius 1 is 1.27 bits per heavy atom. The van der Waals surface area contributed by atoms with E-state index in [1.54, 1.807) is 0 Å². The Hall–Kier alpha value is -1.95. The summed E-state index contributed by atoms with van der Waals surface area (Å²) in [7, 11) is 0. The highest BCUT2D eigenvalue weighted by molar-refractivity contribution is 7.11. The Balaban J connectivity index is 2.00. The van der Waals surface area contributed by atoms with Crippen molar-refractivity contribution in [1.29, 1.82) is 0 Å². The molecule has 2 rings (SSSR count). The molecule has 0 aliphatic heterocycles. The molecule has 2 aromatic rings. The van der Waals surface area contributed by atoms with Gasteiger partial charge in [-0.1, -0.05) is 62.4 Å². The number of carbonyl (C=O) groups is 1. The minimum atomic E-state index is -0.448. The standard InChI is InChI=1S/C16H21N3O2S/c1-11-18-19-14(22-11)13(16(2,3)4)17-15(20)21-10-12-8-6-5-7-9-12/h5-9,13H,10H2,1-4H3,(H,17,20)/t13-/m1/s1. The van der Waals surface area contributed by atoms with Crippen LogP contribution < -0.4 is 5.32 Å². The maximum atomic E-state index is 12.1. The van der Waals surface area contributed by atoms with Crippen molar-refractivity contribution in [3.05, 3.63) is 45.9 Å². The number of nitrogens with one attached hydrogen (secondary N) is 1. The number of rotatable bonds is 4. The third kappa shape index (κ3) is 4.53. The second-order valence-corrected chi connectivity index (χ2v) is 7.38. The molecule has 118 valence electrons. The highest BCUT2D eigenvalue weighted by Crippen LogP contribution is 2.34. The van der Waals surface area contributed by atoms with Gasteiger partial charge in [-0.05, 0) is 17.9 Å². The first-order valence-electron chi connectivity index (χ1n) is 7.13. The molecule has 0 aliphatic rings. The topological polar surface area (TPSA) is 64.1 Å². The number of amides is 1. The van der Waals surface area contributed by atoms with Gasteiger partial charge in [0.2, 0.25) is 0 Å². The number of benzene rings is 1. The number of carbonyl (C=O) groups excluding carboxylic acids is 1. The molecule has 0 saturated heterocycles. The summed E-state index contributed by atoms with van der Waals surface area (Å²) in [5, 5.41) is 12.8. The molecule has 0 bridgehead atoms. The number of alkyl carbamates (subject to hydrolysis) is 1. The zero-order valence-corrected chi connectivity index (χ0v) is 14.1. The lowest BCUT2D eigenvalue weighted by Gasteiger charge is -2.29. The van der Waals surface area contributed by atoms with Gasteiger partial charge in [0.15, 0.2) is 0 Å². The first-order chi connectivity index (χ1) is 10.4. The average Bonchev–Trinajstić information content (AvgIpc) is 2.88. The zero-order chi connectivity index (χ0) is 16.2. The number of hydrogen-bond donors (Lipinski definition) is 1. The fraction of sp³-hybridized carbons (Fsp3) is 0.438. The molecule has 0 unspecified atom stereocenters. The molecule has 0 aliphatic carbocycles. The first-order valence-corrected chi connectivity index (χ1v) is 7.95. The molecule has 0 fully saturated rings. The van der Waals surface area contributed by atoms with Crippen molar-refractivity contribution >= 4 is 17.4 Å². The third-order valence-corrected chi connectivity index (χ3v) is 4.03. The lowest BCUT2D eigenvalue weighted by molar-refractivity contribution is 0.126. The summed E-state index contributed by atoms with van der Waals surface area (Å²) in [5.74, 6) is 0. The maximum Gasteiger partial charge on any atom is 0.408 e. The summed E-state index contributed by atoms with van der Waals surface area (Å²) in [6, 6.07) is 9.36. The van der Waals surface area contributed by atoms with Crippen LogP contribution in [0.4, 0.5) is 4.79 Å². The van der Waals surface area contributed by atoms with Crippen LogP contribution in [0.1, 0.15) is 42.4 Å². The van der Waals surface area contributed by atoms with Crippen LogP contribution in [0.5, 0.6) is 0 Å². The van der Waals surface area contributed by atoms with Crippen molar-refractivity contribution in [3.63, 3.8) is 0 Å². The number of aromatic nitrogens is 2. The van der Waals surface area contributed by atoms with Crippen LogP contribution in [-0.4, -0.2) is 16.3 Å². The normalized spacial score (nSPS) is 12.7. The number of hydrogen-bond acceptors (Lipinski definition) is 5. The summed E-state index contributed by atoms with van der Waals surface area (Å²) in [6.07, 6.45) is -0.448. The second kappa shape index (κ2) is 6.87. The Morgan fingerprint density at radius 3 is 2.50 bits per heavy atom. The van der Waals surface area contributed by atoms with Gasteiger partial charge in [-0.25, -0.2) is 4.79 Å². The van der Waals surface area contributed by atoms with Crippen molar-refractivity contribution in [2.75, 3.05) is 0 Å². The second-order valence-electron chi connectivity index (χ2n) is 6.16. The van der Waals surface area contributed by atoms with Crippen LogP contribution in [-0.2, 0) is 11.3 Å². The minimum absolute atomic E-state index is 0.183. The molecule has 0 saturated carbocycles. The molecule has 1 amide bonds. The SMILES string of the molecule is Cc1nnc([C@@H](NC(=O)OCc2ccccc2)C(C)(C)C)s1. The largest absolute Gasteiger partial charge is 0.445 e. The van der Waals surface area contributed by atoms with E-state index < -0.39 is 6.09 Å². The first kappa shape index (κ1) is 16.4. The van der Waals surface area contributed by atoms with E-state index in [4.69, 9.17) is 4.74 Å². The summed E-state index contributed by atoms with van der Waals surface area (Å²) in [4.78, 5) is 12.1. The summed E-state index contributed by atoms with van der Waals surface area (Å²) in [5.41, 5.74) is 0.772. The molecular weight excluding hydrogens is 298 g/mol. The minimum Gasteiger partial charge on any atom is -0.445 e. The van der Waals surface area contributed by atoms with Gasteiger partial charge < -0.3 is 10.1 Å². The van der Waals surface area contributed by atoms with Gasteiger partial charge in [0.1, 0.15) is 16.6 Å². The molecule has 0 radical (unpaired) electrons. The molecule has 1 atom stereocenters. The molecule has 5 nitrogen and oxygen atoms in total. The van der Waals surface area contributed by atoms with Crippen molar-refractivity contribution in [3.8, 4) is 0 Å². The molecule has 6 heteroatoms. The monoisotopic (exact) mass is 319 g/mol. The van der Waals surface area contributed by atoms with Gasteiger partial charge in [0.05, 0.1) is 6.04 Å². The summed E-state index contributed by atoms with van der Waals surface area (Å²) >= 11 is 1.49. The van der Waals surface area contributed by atoms with E-state index >= 15 is 0 Å². The predicted octanol–water partition coefficient (Wildman–Crippen LogP) is 3.86. The van der Waals surface area contributed by atoms with Crippen molar-refractivity contribution in [2.24, 2.45) is 5.41 Å². The summed E-state index contributed by atoms with van der Waals surface area (Å²) < 4.78 is 5.29. The Kier molecular flexibility index (Phi) is 5.13. The van der Waals surface area contributed by atoms with E-state index in [0.717, 1.165) is 15.6 Å². The van der Waals surface area contributed by atoms with Crippen LogP contribution in [0.15, 0.2) is 30.3 Å². The van der Waals surface area contributed by atoms with E-state index in [0.29, 0.717) is 0 Å². The average molecular weight is 319 g/mol. The lowest BCUT2D eigenvalue weighted by Crippen LogP contribution is -2.36. The fourth-order valence-electron chi connectivity index (χ4n) is 1.96. The fourth-order valence-corrected chi connectivity index (χ4v) is 2.96. The van der Waals surface area contributed by atoms with Crippen LogP contribution in [0, 0.1) is 12.3 Å². The number of ether oxygens (including phenoxy) is 1. The number of aryl methyl sites for hydroxylation is 1. The van der Waals surface area contributed by atoms with Crippen LogP contribution in [0.25, 0.3) is 0 Å². The van der Waals surface area contributed by atoms with Gasteiger partial charge in [-0.2, -0.15) is 0 Å². The van der Waals surface area contributed by atoms with Crippen molar-refractivity contribution in [1.82, 2.24) is 15.5 Å². The molecule has 1 aromatic carbocycles. The smallest absolute Gasteiger partial charge is 0.408 e.